The van der Waals surface area contributed by atoms with E-state index in [-0.39, 0.29) is 11.3 Å². The molecule has 1 aliphatic rings. The lowest BCUT2D eigenvalue weighted by Crippen LogP contribution is -2.36. The van der Waals surface area contributed by atoms with Crippen LogP contribution in [-0.2, 0) is 11.3 Å². The first-order chi connectivity index (χ1) is 11.8. The van der Waals surface area contributed by atoms with Gasteiger partial charge in [0.25, 0.3) is 0 Å². The van der Waals surface area contributed by atoms with Gasteiger partial charge in [-0.1, -0.05) is 72.8 Å². The fourth-order valence-corrected chi connectivity index (χ4v) is 4.57. The first-order valence-corrected chi connectivity index (χ1v) is 9.30. The van der Waals surface area contributed by atoms with E-state index in [9.17, 15) is 4.79 Å². The summed E-state index contributed by atoms with van der Waals surface area (Å²) >= 11 is 1.87. The maximum absolute atomic E-state index is 12.6. The molecule has 1 fully saturated rings. The molecular formula is C21H19NOS. The van der Waals surface area contributed by atoms with Gasteiger partial charge in [0.05, 0.1) is 0 Å². The Kier molecular flexibility index (Phi) is 4.26. The number of nitrogens with zero attached hydrogens (tertiary/aromatic N) is 1. The summed E-state index contributed by atoms with van der Waals surface area (Å²) in [5, 5.41) is 2.55. The Morgan fingerprint density at radius 3 is 2.54 bits per heavy atom. The molecule has 24 heavy (non-hydrogen) atoms. The Morgan fingerprint density at radius 1 is 0.917 bits per heavy atom. The van der Waals surface area contributed by atoms with Gasteiger partial charge in [-0.25, -0.2) is 0 Å². The number of benzene rings is 3. The van der Waals surface area contributed by atoms with Crippen LogP contribution in [-0.4, -0.2) is 16.6 Å². The molecule has 1 heterocycles. The maximum atomic E-state index is 12.6. The molecular weight excluding hydrogens is 314 g/mol. The number of fused-ring (bicyclic) bond motifs is 1. The lowest BCUT2D eigenvalue weighted by atomic mass is 10.0. The van der Waals surface area contributed by atoms with E-state index < -0.39 is 0 Å². The summed E-state index contributed by atoms with van der Waals surface area (Å²) in [7, 11) is 0. The van der Waals surface area contributed by atoms with E-state index in [2.05, 4.69) is 54.6 Å². The van der Waals surface area contributed by atoms with E-state index in [1.807, 2.05) is 34.9 Å². The first kappa shape index (κ1) is 15.3. The van der Waals surface area contributed by atoms with Gasteiger partial charge >= 0.3 is 0 Å². The van der Waals surface area contributed by atoms with Crippen molar-refractivity contribution in [1.82, 2.24) is 4.90 Å². The molecule has 1 atom stereocenters. The number of hydrogen-bond acceptors (Lipinski definition) is 2. The third kappa shape index (κ3) is 2.92. The van der Waals surface area contributed by atoms with E-state index in [1.165, 1.54) is 21.9 Å². The van der Waals surface area contributed by atoms with Crippen molar-refractivity contribution in [3.63, 3.8) is 0 Å². The highest BCUT2D eigenvalue weighted by atomic mass is 32.2. The Bertz CT molecular complexity index is 857. The second kappa shape index (κ2) is 6.70. The van der Waals surface area contributed by atoms with Gasteiger partial charge in [-0.15, -0.1) is 11.8 Å². The van der Waals surface area contributed by atoms with Crippen molar-refractivity contribution in [3.8, 4) is 0 Å². The van der Waals surface area contributed by atoms with Crippen LogP contribution in [0, 0.1) is 0 Å². The predicted octanol–water partition coefficient (Wildman–Crippen LogP) is 5.00. The molecule has 0 aromatic heterocycles. The molecule has 0 saturated carbocycles. The maximum Gasteiger partial charge on any atom is 0.224 e. The van der Waals surface area contributed by atoms with Crippen LogP contribution in [0.1, 0.15) is 22.9 Å². The number of thioether (sulfide) groups is 1. The van der Waals surface area contributed by atoms with Gasteiger partial charge in [0, 0.05) is 18.7 Å². The zero-order valence-electron chi connectivity index (χ0n) is 13.4. The van der Waals surface area contributed by atoms with Crippen molar-refractivity contribution in [2.75, 3.05) is 5.75 Å². The minimum absolute atomic E-state index is 0.0811. The van der Waals surface area contributed by atoms with E-state index in [0.29, 0.717) is 13.0 Å². The first-order valence-electron chi connectivity index (χ1n) is 8.25. The van der Waals surface area contributed by atoms with Crippen molar-refractivity contribution in [3.05, 3.63) is 83.9 Å². The van der Waals surface area contributed by atoms with Gasteiger partial charge in [0.1, 0.15) is 5.37 Å². The predicted molar refractivity (Wildman–Crippen MR) is 101 cm³/mol. The average molecular weight is 333 g/mol. The van der Waals surface area contributed by atoms with Gasteiger partial charge in [-0.3, -0.25) is 4.79 Å². The molecule has 3 aromatic carbocycles. The second-order valence-corrected chi connectivity index (χ2v) is 7.24. The summed E-state index contributed by atoms with van der Waals surface area (Å²) in [6, 6.07) is 25.1. The third-order valence-corrected chi connectivity index (χ3v) is 5.74. The van der Waals surface area contributed by atoms with Crippen molar-refractivity contribution in [2.45, 2.75) is 18.3 Å². The van der Waals surface area contributed by atoms with Crippen molar-refractivity contribution < 1.29 is 4.79 Å². The van der Waals surface area contributed by atoms with E-state index >= 15 is 0 Å². The molecule has 1 saturated heterocycles. The summed E-state index contributed by atoms with van der Waals surface area (Å²) in [6.07, 6.45) is 0.624. The van der Waals surface area contributed by atoms with Crippen LogP contribution >= 0.6 is 11.8 Å². The van der Waals surface area contributed by atoms with Crippen molar-refractivity contribution >= 4 is 28.4 Å². The molecule has 1 aliphatic heterocycles. The smallest absolute Gasteiger partial charge is 0.224 e. The summed E-state index contributed by atoms with van der Waals surface area (Å²) in [5.74, 6) is 1.13. The number of rotatable bonds is 3. The van der Waals surface area contributed by atoms with Crippen LogP contribution in [0.15, 0.2) is 72.8 Å². The Hall–Kier alpha value is -2.26. The lowest BCUT2D eigenvalue weighted by molar-refractivity contribution is -0.132. The molecule has 0 bridgehead atoms. The molecule has 0 N–H and O–H groups in total. The summed E-state index contributed by atoms with van der Waals surface area (Å²) in [6.45, 7) is 0.667. The zero-order valence-corrected chi connectivity index (χ0v) is 14.2. The van der Waals surface area contributed by atoms with Gasteiger partial charge in [0.15, 0.2) is 0 Å². The Labute approximate surface area is 146 Å². The van der Waals surface area contributed by atoms with E-state index in [1.54, 1.807) is 0 Å². The molecule has 1 amide bonds. The molecule has 120 valence electrons. The number of hydrogen-bond donors (Lipinski definition) is 0. The number of amides is 1. The van der Waals surface area contributed by atoms with E-state index in [0.717, 1.165) is 5.75 Å². The van der Waals surface area contributed by atoms with Crippen LogP contribution in [0.4, 0.5) is 0 Å². The minimum Gasteiger partial charge on any atom is -0.322 e. The average Bonchev–Trinajstić information content (AvgIpc) is 2.64. The topological polar surface area (TPSA) is 20.3 Å². The minimum atomic E-state index is 0.0811. The van der Waals surface area contributed by atoms with Crippen LogP contribution in [0.25, 0.3) is 10.8 Å². The third-order valence-electron chi connectivity index (χ3n) is 4.48. The highest BCUT2D eigenvalue weighted by molar-refractivity contribution is 7.99. The van der Waals surface area contributed by atoms with Crippen LogP contribution in [0.5, 0.6) is 0 Å². The normalized spacial score (nSPS) is 18.1. The summed E-state index contributed by atoms with van der Waals surface area (Å²) in [4.78, 5) is 14.7. The largest absolute Gasteiger partial charge is 0.322 e. The SMILES string of the molecule is O=C1CCSC(c2cccc3ccccc23)N1Cc1ccccc1. The second-order valence-electron chi connectivity index (χ2n) is 6.05. The van der Waals surface area contributed by atoms with Gasteiger partial charge in [-0.2, -0.15) is 0 Å². The lowest BCUT2D eigenvalue weighted by Gasteiger charge is -2.36. The Balaban J connectivity index is 1.74. The zero-order chi connectivity index (χ0) is 16.4. The number of carbonyl (C=O) groups is 1. The quantitative estimate of drug-likeness (QED) is 0.672. The van der Waals surface area contributed by atoms with Crippen molar-refractivity contribution in [2.24, 2.45) is 0 Å². The van der Waals surface area contributed by atoms with Gasteiger partial charge < -0.3 is 4.90 Å². The fourth-order valence-electron chi connectivity index (χ4n) is 3.30. The van der Waals surface area contributed by atoms with E-state index in [4.69, 9.17) is 0 Å². The Morgan fingerprint density at radius 2 is 1.67 bits per heavy atom. The van der Waals surface area contributed by atoms with Crippen LogP contribution in [0.2, 0.25) is 0 Å². The van der Waals surface area contributed by atoms with Gasteiger partial charge in [0.2, 0.25) is 5.91 Å². The van der Waals surface area contributed by atoms with Crippen LogP contribution < -0.4 is 0 Å². The fraction of sp³-hybridized carbons (Fsp3) is 0.190. The molecule has 0 spiro atoms. The monoisotopic (exact) mass is 333 g/mol. The molecule has 4 rings (SSSR count). The highest BCUT2D eigenvalue weighted by Crippen LogP contribution is 2.41. The highest BCUT2D eigenvalue weighted by Gasteiger charge is 2.30. The molecule has 3 heteroatoms. The molecule has 0 radical (unpaired) electrons. The van der Waals surface area contributed by atoms with Gasteiger partial charge in [-0.05, 0) is 21.9 Å². The standard InChI is InChI=1S/C21H19NOS/c23-20-13-14-24-21(22(20)15-16-7-2-1-3-8-16)19-12-6-10-17-9-4-5-11-18(17)19/h1-12,21H,13-15H2. The number of carbonyl (C=O) groups excluding carboxylic acids is 1. The molecule has 3 aromatic rings. The van der Waals surface area contributed by atoms with Crippen LogP contribution in [0.3, 0.4) is 0 Å². The molecule has 0 aliphatic carbocycles. The van der Waals surface area contributed by atoms with Crippen molar-refractivity contribution in [1.29, 1.82) is 0 Å². The summed E-state index contributed by atoms with van der Waals surface area (Å²) in [5.41, 5.74) is 2.42. The summed E-state index contributed by atoms with van der Waals surface area (Å²) < 4.78 is 0. The molecule has 1 unspecified atom stereocenters. The molecule has 2 nitrogen and oxygen atoms in total.